The Balaban J connectivity index is 2.11. The van der Waals surface area contributed by atoms with Crippen LogP contribution in [-0.4, -0.2) is 15.0 Å². The lowest BCUT2D eigenvalue weighted by Gasteiger charge is -2.04. The van der Waals surface area contributed by atoms with Crippen LogP contribution in [0, 0.1) is 0 Å². The smallest absolute Gasteiger partial charge is 0.155 e. The molecule has 0 aliphatic carbocycles. The van der Waals surface area contributed by atoms with Crippen molar-refractivity contribution in [1.82, 2.24) is 15.0 Å². The van der Waals surface area contributed by atoms with Gasteiger partial charge in [-0.15, -0.1) is 5.10 Å². The monoisotopic (exact) mass is 304 g/mol. The molecular formula is C14H10Cl2N4. The van der Waals surface area contributed by atoms with Crippen molar-refractivity contribution in [1.29, 1.82) is 0 Å². The molecule has 3 aromatic rings. The number of halogens is 2. The van der Waals surface area contributed by atoms with Gasteiger partial charge in [-0.05, 0) is 30.3 Å². The molecule has 0 atom stereocenters. The second-order valence-corrected chi connectivity index (χ2v) is 5.04. The van der Waals surface area contributed by atoms with Crippen molar-refractivity contribution in [2.75, 3.05) is 5.73 Å². The van der Waals surface area contributed by atoms with E-state index in [1.165, 1.54) is 0 Å². The first kappa shape index (κ1) is 13.0. The summed E-state index contributed by atoms with van der Waals surface area (Å²) in [6.07, 6.45) is 0. The molecule has 0 bridgehead atoms. The molecule has 1 heterocycles. The third-order valence-corrected chi connectivity index (χ3v) is 3.44. The van der Waals surface area contributed by atoms with Gasteiger partial charge in [0.15, 0.2) is 5.82 Å². The van der Waals surface area contributed by atoms with Gasteiger partial charge in [-0.2, -0.15) is 4.68 Å². The van der Waals surface area contributed by atoms with E-state index in [0.29, 0.717) is 27.1 Å². The van der Waals surface area contributed by atoms with Gasteiger partial charge in [0.2, 0.25) is 0 Å². The number of hydrogen-bond donors (Lipinski definition) is 1. The molecule has 0 amide bonds. The summed E-state index contributed by atoms with van der Waals surface area (Å²) in [5.74, 6) is 0.431. The maximum atomic E-state index is 6.17. The standard InChI is InChI=1S/C14H10Cl2N4/c15-9-6-7-11(12(16)8-9)13-14(17)20(19-18-13)10-4-2-1-3-5-10/h1-8H,17H2. The zero-order chi connectivity index (χ0) is 14.1. The Morgan fingerprint density at radius 1 is 1.00 bits per heavy atom. The molecule has 100 valence electrons. The van der Waals surface area contributed by atoms with Crippen molar-refractivity contribution in [2.45, 2.75) is 0 Å². The van der Waals surface area contributed by atoms with Crippen molar-refractivity contribution in [2.24, 2.45) is 0 Å². The van der Waals surface area contributed by atoms with Gasteiger partial charge in [0.1, 0.15) is 5.69 Å². The number of anilines is 1. The van der Waals surface area contributed by atoms with Crippen LogP contribution in [0.4, 0.5) is 5.82 Å². The number of benzene rings is 2. The summed E-state index contributed by atoms with van der Waals surface area (Å²) in [7, 11) is 0. The Morgan fingerprint density at radius 3 is 2.45 bits per heavy atom. The molecule has 0 aliphatic rings. The van der Waals surface area contributed by atoms with E-state index in [2.05, 4.69) is 10.3 Å². The van der Waals surface area contributed by atoms with Crippen LogP contribution in [0.3, 0.4) is 0 Å². The number of hydrogen-bond acceptors (Lipinski definition) is 3. The van der Waals surface area contributed by atoms with Gasteiger partial charge in [-0.1, -0.05) is 46.6 Å². The third kappa shape index (κ3) is 2.24. The molecule has 3 rings (SSSR count). The number of nitrogens with two attached hydrogens (primary N) is 1. The molecule has 0 aliphatic heterocycles. The van der Waals surface area contributed by atoms with Gasteiger partial charge in [-0.3, -0.25) is 0 Å². The van der Waals surface area contributed by atoms with Crippen LogP contribution in [0.5, 0.6) is 0 Å². The number of para-hydroxylation sites is 1. The summed E-state index contributed by atoms with van der Waals surface area (Å²) in [6.45, 7) is 0. The van der Waals surface area contributed by atoms with Crippen LogP contribution >= 0.6 is 23.2 Å². The normalized spacial score (nSPS) is 10.7. The lowest BCUT2D eigenvalue weighted by Crippen LogP contribution is -2.02. The lowest BCUT2D eigenvalue weighted by atomic mass is 10.1. The summed E-state index contributed by atoms with van der Waals surface area (Å²) >= 11 is 12.1. The maximum Gasteiger partial charge on any atom is 0.155 e. The van der Waals surface area contributed by atoms with E-state index in [1.807, 2.05) is 30.3 Å². The molecule has 0 saturated carbocycles. The Labute approximate surface area is 125 Å². The van der Waals surface area contributed by atoms with Crippen LogP contribution in [-0.2, 0) is 0 Å². The highest BCUT2D eigenvalue weighted by Crippen LogP contribution is 2.32. The molecule has 4 nitrogen and oxygen atoms in total. The fraction of sp³-hybridized carbons (Fsp3) is 0. The number of nitrogens with zero attached hydrogens (tertiary/aromatic N) is 3. The van der Waals surface area contributed by atoms with E-state index in [-0.39, 0.29) is 0 Å². The zero-order valence-electron chi connectivity index (χ0n) is 10.3. The third-order valence-electron chi connectivity index (χ3n) is 2.89. The van der Waals surface area contributed by atoms with Gasteiger partial charge >= 0.3 is 0 Å². The summed E-state index contributed by atoms with van der Waals surface area (Å²) < 4.78 is 1.57. The van der Waals surface area contributed by atoms with E-state index >= 15 is 0 Å². The molecule has 20 heavy (non-hydrogen) atoms. The van der Waals surface area contributed by atoms with Crippen LogP contribution in [0.15, 0.2) is 48.5 Å². The van der Waals surface area contributed by atoms with Crippen molar-refractivity contribution >= 4 is 29.0 Å². The topological polar surface area (TPSA) is 56.7 Å². The van der Waals surface area contributed by atoms with E-state index in [9.17, 15) is 0 Å². The molecule has 0 radical (unpaired) electrons. The summed E-state index contributed by atoms with van der Waals surface area (Å²) in [5.41, 5.74) is 8.20. The van der Waals surface area contributed by atoms with E-state index < -0.39 is 0 Å². The Bertz CT molecular complexity index is 753. The molecule has 0 fully saturated rings. The van der Waals surface area contributed by atoms with Crippen molar-refractivity contribution in [3.05, 3.63) is 58.6 Å². The van der Waals surface area contributed by atoms with Gasteiger partial charge in [-0.25, -0.2) is 0 Å². The highest BCUT2D eigenvalue weighted by atomic mass is 35.5. The first-order chi connectivity index (χ1) is 9.66. The van der Waals surface area contributed by atoms with E-state index in [0.717, 1.165) is 5.69 Å². The van der Waals surface area contributed by atoms with Crippen molar-refractivity contribution in [3.63, 3.8) is 0 Å². The summed E-state index contributed by atoms with van der Waals surface area (Å²) in [5, 5.41) is 9.24. The molecule has 2 N–H and O–H groups in total. The average Bonchev–Trinajstić information content (AvgIpc) is 2.82. The zero-order valence-corrected chi connectivity index (χ0v) is 11.8. The molecule has 0 spiro atoms. The van der Waals surface area contributed by atoms with Crippen molar-refractivity contribution in [3.8, 4) is 16.9 Å². The molecule has 2 aromatic carbocycles. The molecule has 0 saturated heterocycles. The van der Waals surface area contributed by atoms with Gasteiger partial charge < -0.3 is 5.73 Å². The van der Waals surface area contributed by atoms with Crippen molar-refractivity contribution < 1.29 is 0 Å². The fourth-order valence-corrected chi connectivity index (χ4v) is 2.42. The second kappa shape index (κ2) is 5.15. The van der Waals surface area contributed by atoms with Gasteiger partial charge in [0, 0.05) is 10.6 Å². The highest BCUT2D eigenvalue weighted by Gasteiger charge is 2.15. The lowest BCUT2D eigenvalue weighted by molar-refractivity contribution is 0.810. The SMILES string of the molecule is Nc1c(-c2ccc(Cl)cc2Cl)nnn1-c1ccccc1. The van der Waals surface area contributed by atoms with E-state index in [4.69, 9.17) is 28.9 Å². The summed E-state index contributed by atoms with van der Waals surface area (Å²) in [4.78, 5) is 0. The van der Waals surface area contributed by atoms with Crippen LogP contribution < -0.4 is 5.73 Å². The average molecular weight is 305 g/mol. The number of rotatable bonds is 2. The van der Waals surface area contributed by atoms with Crippen LogP contribution in [0.25, 0.3) is 16.9 Å². The van der Waals surface area contributed by atoms with Gasteiger partial charge in [0.05, 0.1) is 10.7 Å². The van der Waals surface area contributed by atoms with Crippen LogP contribution in [0.1, 0.15) is 0 Å². The Hall–Kier alpha value is -2.04. The molecule has 1 aromatic heterocycles. The predicted molar refractivity (Wildman–Crippen MR) is 81.2 cm³/mol. The van der Waals surface area contributed by atoms with Crippen LogP contribution in [0.2, 0.25) is 10.0 Å². The minimum atomic E-state index is 0.431. The Kier molecular flexibility index (Phi) is 3.34. The minimum absolute atomic E-state index is 0.431. The highest BCUT2D eigenvalue weighted by molar-refractivity contribution is 6.36. The quantitative estimate of drug-likeness (QED) is 0.783. The molecule has 0 unspecified atom stereocenters. The molecular weight excluding hydrogens is 295 g/mol. The minimum Gasteiger partial charge on any atom is -0.382 e. The first-order valence-corrected chi connectivity index (χ1v) is 6.64. The Morgan fingerprint density at radius 2 is 1.75 bits per heavy atom. The number of nitrogen functional groups attached to an aromatic ring is 1. The largest absolute Gasteiger partial charge is 0.382 e. The second-order valence-electron chi connectivity index (χ2n) is 4.19. The molecule has 6 heteroatoms. The fourth-order valence-electron chi connectivity index (χ4n) is 1.92. The number of aromatic nitrogens is 3. The van der Waals surface area contributed by atoms with Gasteiger partial charge in [0.25, 0.3) is 0 Å². The summed E-state index contributed by atoms with van der Waals surface area (Å²) in [6, 6.07) is 14.7. The maximum absolute atomic E-state index is 6.17. The van der Waals surface area contributed by atoms with E-state index in [1.54, 1.807) is 22.9 Å². The predicted octanol–water partition coefficient (Wildman–Crippen LogP) is 3.82. The first-order valence-electron chi connectivity index (χ1n) is 5.89.